The van der Waals surface area contributed by atoms with Crippen molar-refractivity contribution in [1.82, 2.24) is 5.32 Å². The van der Waals surface area contributed by atoms with Crippen LogP contribution in [0, 0.1) is 0 Å². The zero-order valence-electron chi connectivity index (χ0n) is 14.4. The summed E-state index contributed by atoms with van der Waals surface area (Å²) < 4.78 is 56.5. The molecule has 2 aromatic rings. The Morgan fingerprint density at radius 1 is 1.15 bits per heavy atom. The van der Waals surface area contributed by atoms with Crippen molar-refractivity contribution in [2.24, 2.45) is 0 Å². The van der Waals surface area contributed by atoms with Gasteiger partial charge < -0.3 is 24.5 Å². The molecule has 0 spiro atoms. The molecule has 1 amide bonds. The molecular formula is C17H17F3N2O5. The molecule has 0 bridgehead atoms. The van der Waals surface area contributed by atoms with Crippen LogP contribution in [-0.4, -0.2) is 37.4 Å². The lowest BCUT2D eigenvalue weighted by Gasteiger charge is -2.35. The molecule has 0 aliphatic rings. The second-order valence-corrected chi connectivity index (χ2v) is 5.22. The number of ether oxygens (including phenoxy) is 2. The molecule has 1 heterocycles. The van der Waals surface area contributed by atoms with Crippen molar-refractivity contribution in [3.05, 3.63) is 48.4 Å². The summed E-state index contributed by atoms with van der Waals surface area (Å²) in [4.78, 5) is 24.6. The molecule has 0 aliphatic heterocycles. The Morgan fingerprint density at radius 2 is 1.85 bits per heavy atom. The minimum Gasteiger partial charge on any atom is -0.495 e. The number of esters is 1. The first-order valence-corrected chi connectivity index (χ1v) is 7.76. The lowest BCUT2D eigenvalue weighted by atomic mass is 10.1. The van der Waals surface area contributed by atoms with Crippen LogP contribution in [-0.2, 0) is 9.53 Å². The van der Waals surface area contributed by atoms with E-state index in [1.165, 1.54) is 44.4 Å². The number of alkyl halides is 3. The van der Waals surface area contributed by atoms with Crippen LogP contribution in [0.5, 0.6) is 5.75 Å². The summed E-state index contributed by atoms with van der Waals surface area (Å²) in [5.74, 6) is -3.37. The van der Waals surface area contributed by atoms with E-state index >= 15 is 0 Å². The lowest BCUT2D eigenvalue weighted by Crippen LogP contribution is -2.69. The smallest absolute Gasteiger partial charge is 0.441 e. The Morgan fingerprint density at radius 3 is 2.41 bits per heavy atom. The minimum absolute atomic E-state index is 0.0303. The molecule has 10 heteroatoms. The van der Waals surface area contributed by atoms with Crippen LogP contribution in [0.2, 0.25) is 0 Å². The predicted molar refractivity (Wildman–Crippen MR) is 88.2 cm³/mol. The maximum absolute atomic E-state index is 14.0. The van der Waals surface area contributed by atoms with Crippen LogP contribution in [0.4, 0.5) is 18.9 Å². The van der Waals surface area contributed by atoms with E-state index in [4.69, 9.17) is 9.15 Å². The van der Waals surface area contributed by atoms with E-state index in [0.717, 1.165) is 12.3 Å². The van der Waals surface area contributed by atoms with Gasteiger partial charge in [0, 0.05) is 0 Å². The van der Waals surface area contributed by atoms with E-state index in [1.807, 2.05) is 5.32 Å². The number of hydrogen-bond donors (Lipinski definition) is 2. The number of carbonyl (C=O) groups is 2. The highest BCUT2D eigenvalue weighted by molar-refractivity contribution is 5.98. The van der Waals surface area contributed by atoms with Gasteiger partial charge in [0.2, 0.25) is 0 Å². The van der Waals surface area contributed by atoms with E-state index in [2.05, 4.69) is 4.74 Å². The average Bonchev–Trinajstić information content (AvgIpc) is 3.15. The van der Waals surface area contributed by atoms with Gasteiger partial charge >= 0.3 is 17.8 Å². The van der Waals surface area contributed by atoms with Crippen molar-refractivity contribution in [3.8, 4) is 5.75 Å². The van der Waals surface area contributed by atoms with Gasteiger partial charge in [-0.1, -0.05) is 12.1 Å². The first-order chi connectivity index (χ1) is 12.7. The number of furan rings is 1. The van der Waals surface area contributed by atoms with Gasteiger partial charge in [0.25, 0.3) is 5.91 Å². The summed E-state index contributed by atoms with van der Waals surface area (Å²) in [6, 6.07) is 8.10. The Kier molecular flexibility index (Phi) is 5.98. The SMILES string of the molecule is CCOC(=O)C(NC(=O)c1ccco1)(Nc1ccccc1OC)C(F)(F)F. The van der Waals surface area contributed by atoms with Crippen molar-refractivity contribution in [2.75, 3.05) is 19.0 Å². The van der Waals surface area contributed by atoms with Gasteiger partial charge in [-0.05, 0) is 31.2 Å². The fourth-order valence-corrected chi connectivity index (χ4v) is 2.22. The molecule has 146 valence electrons. The number of rotatable bonds is 7. The molecule has 1 aromatic heterocycles. The fourth-order valence-electron chi connectivity index (χ4n) is 2.22. The molecule has 2 rings (SSSR count). The molecule has 1 atom stereocenters. The second kappa shape index (κ2) is 8.02. The molecule has 1 aromatic carbocycles. The molecule has 27 heavy (non-hydrogen) atoms. The first kappa shape index (κ1) is 20.1. The van der Waals surface area contributed by atoms with Gasteiger partial charge in [0.1, 0.15) is 5.75 Å². The Bertz CT molecular complexity index is 792. The third kappa shape index (κ3) is 4.15. The average molecular weight is 386 g/mol. The number of nitrogens with one attached hydrogen (secondary N) is 2. The topological polar surface area (TPSA) is 89.8 Å². The van der Waals surface area contributed by atoms with Crippen LogP contribution < -0.4 is 15.4 Å². The van der Waals surface area contributed by atoms with E-state index in [1.54, 1.807) is 5.32 Å². The Balaban J connectivity index is 2.53. The third-order valence-corrected chi connectivity index (χ3v) is 3.48. The number of hydrogen-bond acceptors (Lipinski definition) is 6. The summed E-state index contributed by atoms with van der Waals surface area (Å²) >= 11 is 0. The van der Waals surface area contributed by atoms with E-state index in [-0.39, 0.29) is 18.0 Å². The summed E-state index contributed by atoms with van der Waals surface area (Å²) in [6.07, 6.45) is -4.15. The number of halogens is 3. The molecule has 0 radical (unpaired) electrons. The van der Waals surface area contributed by atoms with Crippen LogP contribution in [0.3, 0.4) is 0 Å². The van der Waals surface area contributed by atoms with Gasteiger partial charge in [-0.25, -0.2) is 4.79 Å². The number of benzene rings is 1. The van der Waals surface area contributed by atoms with Crippen molar-refractivity contribution >= 4 is 17.6 Å². The summed E-state index contributed by atoms with van der Waals surface area (Å²) in [7, 11) is 1.25. The highest BCUT2D eigenvalue weighted by Gasteiger charge is 2.64. The Labute approximate surface area is 152 Å². The Hall–Kier alpha value is -3.17. The van der Waals surface area contributed by atoms with Gasteiger partial charge in [-0.2, -0.15) is 13.2 Å². The number of carbonyl (C=O) groups excluding carboxylic acids is 2. The maximum atomic E-state index is 14.0. The highest BCUT2D eigenvalue weighted by Crippen LogP contribution is 2.36. The monoisotopic (exact) mass is 386 g/mol. The van der Waals surface area contributed by atoms with Crippen molar-refractivity contribution in [1.29, 1.82) is 0 Å². The summed E-state index contributed by atoms with van der Waals surface area (Å²) in [6.45, 7) is 1.01. The lowest BCUT2D eigenvalue weighted by molar-refractivity contribution is -0.204. The molecule has 0 saturated carbocycles. The molecule has 0 fully saturated rings. The quantitative estimate of drug-likeness (QED) is 0.562. The third-order valence-electron chi connectivity index (χ3n) is 3.48. The highest BCUT2D eigenvalue weighted by atomic mass is 19.4. The van der Waals surface area contributed by atoms with Crippen LogP contribution in [0.15, 0.2) is 47.1 Å². The number of para-hydroxylation sites is 2. The van der Waals surface area contributed by atoms with E-state index in [0.29, 0.717) is 0 Å². The molecule has 0 aliphatic carbocycles. The van der Waals surface area contributed by atoms with Crippen LogP contribution in [0.1, 0.15) is 17.5 Å². The number of amides is 1. The van der Waals surface area contributed by atoms with Crippen LogP contribution >= 0.6 is 0 Å². The van der Waals surface area contributed by atoms with Gasteiger partial charge in [-0.15, -0.1) is 0 Å². The van der Waals surface area contributed by atoms with Crippen molar-refractivity contribution in [3.63, 3.8) is 0 Å². The summed E-state index contributed by atoms with van der Waals surface area (Å²) in [5.41, 5.74) is -3.74. The maximum Gasteiger partial charge on any atom is 0.441 e. The van der Waals surface area contributed by atoms with Gasteiger partial charge in [-0.3, -0.25) is 4.79 Å². The second-order valence-electron chi connectivity index (χ2n) is 5.22. The molecular weight excluding hydrogens is 369 g/mol. The minimum atomic E-state index is -5.26. The van der Waals surface area contributed by atoms with E-state index in [9.17, 15) is 22.8 Å². The molecule has 2 N–H and O–H groups in total. The molecule has 1 unspecified atom stereocenters. The van der Waals surface area contributed by atoms with Crippen LogP contribution in [0.25, 0.3) is 0 Å². The fraction of sp³-hybridized carbons (Fsp3) is 0.294. The van der Waals surface area contributed by atoms with Gasteiger partial charge in [0.15, 0.2) is 5.76 Å². The first-order valence-electron chi connectivity index (χ1n) is 7.76. The summed E-state index contributed by atoms with van der Waals surface area (Å²) in [5, 5.41) is 3.69. The number of anilines is 1. The largest absolute Gasteiger partial charge is 0.495 e. The van der Waals surface area contributed by atoms with Crippen molar-refractivity contribution < 1.29 is 36.7 Å². The molecule has 0 saturated heterocycles. The molecule has 7 nitrogen and oxygen atoms in total. The van der Waals surface area contributed by atoms with Gasteiger partial charge in [0.05, 0.1) is 25.7 Å². The normalized spacial score (nSPS) is 13.4. The zero-order chi connectivity index (χ0) is 20.1. The standard InChI is InChI=1S/C17H17F3N2O5/c1-3-26-15(24)16(17(18,19)20,22-14(23)13-9-6-10-27-13)21-11-7-4-5-8-12(11)25-2/h4-10,21H,3H2,1-2H3,(H,22,23). The predicted octanol–water partition coefficient (Wildman–Crippen LogP) is 2.95. The van der Waals surface area contributed by atoms with E-state index < -0.39 is 29.5 Å². The zero-order valence-corrected chi connectivity index (χ0v) is 14.4. The van der Waals surface area contributed by atoms with Crippen molar-refractivity contribution in [2.45, 2.75) is 18.8 Å². The number of methoxy groups -OCH3 is 1.